The SMILES string of the molecule is CCC(CC)CNC(=O)c1ccc(C)c(C#CCO)c1. The number of aliphatic hydroxyl groups excluding tert-OH is 1. The van der Waals surface area contributed by atoms with Gasteiger partial charge in [0.2, 0.25) is 0 Å². The van der Waals surface area contributed by atoms with Crippen LogP contribution in [-0.4, -0.2) is 24.2 Å². The number of aliphatic hydroxyl groups is 1. The van der Waals surface area contributed by atoms with Gasteiger partial charge in [0.15, 0.2) is 0 Å². The van der Waals surface area contributed by atoms with Gasteiger partial charge in [-0.25, -0.2) is 0 Å². The molecule has 0 fully saturated rings. The maximum Gasteiger partial charge on any atom is 0.251 e. The van der Waals surface area contributed by atoms with Crippen molar-refractivity contribution in [3.8, 4) is 11.8 Å². The Labute approximate surface area is 121 Å². The fourth-order valence-corrected chi connectivity index (χ4v) is 1.95. The van der Waals surface area contributed by atoms with Crippen LogP contribution in [0.3, 0.4) is 0 Å². The van der Waals surface area contributed by atoms with Crippen LogP contribution in [0.1, 0.15) is 48.2 Å². The molecule has 1 aromatic rings. The zero-order valence-electron chi connectivity index (χ0n) is 12.5. The molecule has 108 valence electrons. The molecular formula is C17H23NO2. The average Bonchev–Trinajstić information content (AvgIpc) is 2.47. The zero-order valence-corrected chi connectivity index (χ0v) is 12.5. The summed E-state index contributed by atoms with van der Waals surface area (Å²) in [5.74, 6) is 5.94. The normalized spacial score (nSPS) is 10.1. The molecule has 2 N–H and O–H groups in total. The van der Waals surface area contributed by atoms with E-state index in [2.05, 4.69) is 31.0 Å². The lowest BCUT2D eigenvalue weighted by molar-refractivity contribution is 0.0946. The second kappa shape index (κ2) is 8.39. The van der Waals surface area contributed by atoms with Crippen molar-refractivity contribution in [2.45, 2.75) is 33.6 Å². The molecule has 0 spiro atoms. The summed E-state index contributed by atoms with van der Waals surface area (Å²) >= 11 is 0. The lowest BCUT2D eigenvalue weighted by atomic mass is 10.0. The molecule has 0 radical (unpaired) electrons. The van der Waals surface area contributed by atoms with Crippen LogP contribution in [0.25, 0.3) is 0 Å². The molecule has 0 aliphatic carbocycles. The Morgan fingerprint density at radius 3 is 2.65 bits per heavy atom. The minimum atomic E-state index is -0.176. The highest BCUT2D eigenvalue weighted by molar-refractivity contribution is 5.94. The summed E-state index contributed by atoms with van der Waals surface area (Å²) in [5.41, 5.74) is 2.40. The van der Waals surface area contributed by atoms with Gasteiger partial charge in [-0.15, -0.1) is 0 Å². The molecule has 0 unspecified atom stereocenters. The highest BCUT2D eigenvalue weighted by Gasteiger charge is 2.09. The van der Waals surface area contributed by atoms with E-state index in [9.17, 15) is 4.79 Å². The van der Waals surface area contributed by atoms with Gasteiger partial charge in [0.25, 0.3) is 5.91 Å². The molecule has 0 saturated carbocycles. The summed E-state index contributed by atoms with van der Waals surface area (Å²) in [4.78, 5) is 12.1. The third-order valence-electron chi connectivity index (χ3n) is 3.51. The monoisotopic (exact) mass is 273 g/mol. The highest BCUT2D eigenvalue weighted by Crippen LogP contribution is 2.11. The summed E-state index contributed by atoms with van der Waals surface area (Å²) in [5, 5.41) is 11.7. The number of hydrogen-bond donors (Lipinski definition) is 2. The first-order chi connectivity index (χ1) is 9.62. The Morgan fingerprint density at radius 1 is 1.35 bits per heavy atom. The maximum absolute atomic E-state index is 12.1. The van der Waals surface area contributed by atoms with Crippen molar-refractivity contribution >= 4 is 5.91 Å². The number of hydrogen-bond acceptors (Lipinski definition) is 2. The minimum Gasteiger partial charge on any atom is -0.384 e. The average molecular weight is 273 g/mol. The summed E-state index contributed by atoms with van der Waals surface area (Å²) in [6, 6.07) is 5.47. The van der Waals surface area contributed by atoms with Gasteiger partial charge in [-0.1, -0.05) is 44.6 Å². The third-order valence-corrected chi connectivity index (χ3v) is 3.51. The van der Waals surface area contributed by atoms with Crippen LogP contribution in [0.4, 0.5) is 0 Å². The van der Waals surface area contributed by atoms with Crippen molar-refractivity contribution < 1.29 is 9.90 Å². The molecule has 0 heterocycles. The van der Waals surface area contributed by atoms with Gasteiger partial charge in [0.05, 0.1) is 0 Å². The van der Waals surface area contributed by atoms with Crippen molar-refractivity contribution in [1.82, 2.24) is 5.32 Å². The van der Waals surface area contributed by atoms with E-state index >= 15 is 0 Å². The largest absolute Gasteiger partial charge is 0.384 e. The Kier molecular flexibility index (Phi) is 6.83. The molecule has 0 bridgehead atoms. The smallest absolute Gasteiger partial charge is 0.251 e. The third kappa shape index (κ3) is 4.71. The first-order valence-electron chi connectivity index (χ1n) is 7.10. The number of nitrogens with one attached hydrogen (secondary N) is 1. The van der Waals surface area contributed by atoms with Gasteiger partial charge < -0.3 is 10.4 Å². The number of benzene rings is 1. The van der Waals surface area contributed by atoms with Gasteiger partial charge in [-0.2, -0.15) is 0 Å². The Hall–Kier alpha value is -1.79. The molecule has 1 aromatic carbocycles. The van der Waals surface area contributed by atoms with Crippen molar-refractivity contribution in [1.29, 1.82) is 0 Å². The minimum absolute atomic E-state index is 0.0658. The van der Waals surface area contributed by atoms with E-state index in [0.29, 0.717) is 18.0 Å². The second-order valence-corrected chi connectivity index (χ2v) is 4.88. The van der Waals surface area contributed by atoms with E-state index in [1.807, 2.05) is 19.1 Å². The Bertz CT molecular complexity index is 507. The van der Waals surface area contributed by atoms with Gasteiger partial charge in [0.1, 0.15) is 6.61 Å². The Morgan fingerprint density at radius 2 is 2.05 bits per heavy atom. The number of carbonyl (C=O) groups is 1. The molecule has 3 heteroatoms. The molecule has 1 amide bonds. The maximum atomic E-state index is 12.1. The number of carbonyl (C=O) groups excluding carboxylic acids is 1. The molecule has 3 nitrogen and oxygen atoms in total. The first-order valence-corrected chi connectivity index (χ1v) is 7.10. The van der Waals surface area contributed by atoms with E-state index in [-0.39, 0.29) is 12.5 Å². The molecule has 0 aliphatic rings. The summed E-state index contributed by atoms with van der Waals surface area (Å²) in [6.07, 6.45) is 2.13. The Balaban J connectivity index is 2.78. The number of aryl methyl sites for hydroxylation is 1. The molecule has 0 saturated heterocycles. The van der Waals surface area contributed by atoms with Gasteiger partial charge in [0, 0.05) is 17.7 Å². The van der Waals surface area contributed by atoms with Crippen LogP contribution in [0.2, 0.25) is 0 Å². The molecular weight excluding hydrogens is 250 g/mol. The van der Waals surface area contributed by atoms with Gasteiger partial charge in [-0.05, 0) is 30.5 Å². The summed E-state index contributed by atoms with van der Waals surface area (Å²) in [6.45, 7) is 6.73. The van der Waals surface area contributed by atoms with Crippen LogP contribution in [0.5, 0.6) is 0 Å². The fraction of sp³-hybridized carbons (Fsp3) is 0.471. The number of amides is 1. The van der Waals surface area contributed by atoms with Crippen molar-refractivity contribution in [2.24, 2.45) is 5.92 Å². The van der Waals surface area contributed by atoms with Gasteiger partial charge in [-0.3, -0.25) is 4.79 Å². The summed E-state index contributed by atoms with van der Waals surface area (Å²) in [7, 11) is 0. The zero-order chi connectivity index (χ0) is 15.0. The first kappa shape index (κ1) is 16.3. The van der Waals surface area contributed by atoms with E-state index in [1.54, 1.807) is 6.07 Å². The van der Waals surface area contributed by atoms with Crippen LogP contribution in [0, 0.1) is 24.7 Å². The molecule has 0 aliphatic heterocycles. The standard InChI is InChI=1S/C17H23NO2/c1-4-14(5-2)12-18-17(20)16-9-8-13(3)15(11-16)7-6-10-19/h8-9,11,14,19H,4-5,10,12H2,1-3H3,(H,18,20). The second-order valence-electron chi connectivity index (χ2n) is 4.88. The molecule has 0 aromatic heterocycles. The van der Waals surface area contributed by atoms with Crippen LogP contribution >= 0.6 is 0 Å². The van der Waals surface area contributed by atoms with Crippen LogP contribution in [-0.2, 0) is 0 Å². The van der Waals surface area contributed by atoms with E-state index in [4.69, 9.17) is 5.11 Å². The van der Waals surface area contributed by atoms with Crippen molar-refractivity contribution in [2.75, 3.05) is 13.2 Å². The van der Waals surface area contributed by atoms with E-state index in [0.717, 1.165) is 24.0 Å². The number of rotatable bonds is 5. The molecule has 0 atom stereocenters. The lowest BCUT2D eigenvalue weighted by Gasteiger charge is -2.13. The quantitative estimate of drug-likeness (QED) is 0.810. The fourth-order valence-electron chi connectivity index (χ4n) is 1.95. The predicted octanol–water partition coefficient (Wildman–Crippen LogP) is 2.50. The molecule has 1 rings (SSSR count). The van der Waals surface area contributed by atoms with E-state index in [1.165, 1.54) is 0 Å². The molecule has 20 heavy (non-hydrogen) atoms. The highest BCUT2D eigenvalue weighted by atomic mass is 16.2. The van der Waals surface area contributed by atoms with Crippen molar-refractivity contribution in [3.05, 3.63) is 34.9 Å². The van der Waals surface area contributed by atoms with E-state index < -0.39 is 0 Å². The van der Waals surface area contributed by atoms with Crippen molar-refractivity contribution in [3.63, 3.8) is 0 Å². The summed E-state index contributed by atoms with van der Waals surface area (Å²) < 4.78 is 0. The van der Waals surface area contributed by atoms with Crippen LogP contribution in [0.15, 0.2) is 18.2 Å². The predicted molar refractivity (Wildman–Crippen MR) is 81.5 cm³/mol. The lowest BCUT2D eigenvalue weighted by Crippen LogP contribution is -2.28. The topological polar surface area (TPSA) is 49.3 Å². The van der Waals surface area contributed by atoms with Crippen LogP contribution < -0.4 is 5.32 Å². The van der Waals surface area contributed by atoms with Gasteiger partial charge >= 0.3 is 0 Å².